The lowest BCUT2D eigenvalue weighted by Crippen LogP contribution is -2.59. The number of benzene rings is 1. The fourth-order valence-corrected chi connectivity index (χ4v) is 8.21. The summed E-state index contributed by atoms with van der Waals surface area (Å²) in [6.07, 6.45) is 4.94. The lowest BCUT2D eigenvalue weighted by molar-refractivity contribution is 0.182. The van der Waals surface area contributed by atoms with Crippen LogP contribution in [0.2, 0.25) is 0 Å². The zero-order valence-corrected chi connectivity index (χ0v) is 20.9. The van der Waals surface area contributed by atoms with Crippen LogP contribution < -0.4 is 10.6 Å². The molecule has 3 fully saturated rings. The standard InChI is InChI=1S/C23H26N8O2S2/c1-14-11-25-23(34-14)29-21-19-4-2-3-5-20(19)27-22(28-21)26-16-8-17-6-7-18(9-16)31(17)35(32,33)30-12-15(10-24)13-30/h2-5,11,15-18H,6-9,12-13H2,1H3,(H2,25,26,27,28,29). The van der Waals surface area contributed by atoms with Crippen molar-refractivity contribution in [2.24, 2.45) is 5.92 Å². The van der Waals surface area contributed by atoms with Crippen molar-refractivity contribution in [1.82, 2.24) is 23.6 Å². The number of hydrogen-bond acceptors (Lipinski definition) is 9. The molecule has 1 aromatic carbocycles. The predicted molar refractivity (Wildman–Crippen MR) is 135 cm³/mol. The first-order chi connectivity index (χ1) is 16.9. The third-order valence-corrected chi connectivity index (χ3v) is 9.98. The average Bonchev–Trinajstić information content (AvgIpc) is 3.33. The molecule has 35 heavy (non-hydrogen) atoms. The number of fused-ring (bicyclic) bond motifs is 3. The largest absolute Gasteiger partial charge is 0.351 e. The molecule has 5 heterocycles. The van der Waals surface area contributed by atoms with Crippen LogP contribution >= 0.6 is 11.3 Å². The minimum Gasteiger partial charge on any atom is -0.351 e. The normalized spacial score (nSPS) is 25.3. The number of anilines is 3. The second kappa shape index (κ2) is 8.67. The van der Waals surface area contributed by atoms with E-state index in [1.807, 2.05) is 37.4 Å². The molecule has 2 unspecified atom stereocenters. The molecule has 3 saturated heterocycles. The van der Waals surface area contributed by atoms with Crippen molar-refractivity contribution in [2.75, 3.05) is 23.7 Å². The van der Waals surface area contributed by atoms with Crippen molar-refractivity contribution < 1.29 is 8.42 Å². The molecule has 0 amide bonds. The Morgan fingerprint density at radius 2 is 1.89 bits per heavy atom. The zero-order chi connectivity index (χ0) is 24.2. The number of aryl methyl sites for hydroxylation is 1. The number of nitriles is 1. The smallest absolute Gasteiger partial charge is 0.282 e. The number of para-hydroxylation sites is 1. The van der Waals surface area contributed by atoms with Gasteiger partial charge in [-0.05, 0) is 44.7 Å². The van der Waals surface area contributed by atoms with E-state index >= 15 is 0 Å². The van der Waals surface area contributed by atoms with Crippen molar-refractivity contribution in [3.63, 3.8) is 0 Å². The van der Waals surface area contributed by atoms with Crippen LogP contribution in [0, 0.1) is 24.2 Å². The van der Waals surface area contributed by atoms with E-state index in [0.29, 0.717) is 37.7 Å². The Labute approximate surface area is 208 Å². The summed E-state index contributed by atoms with van der Waals surface area (Å²) in [4.78, 5) is 15.0. The average molecular weight is 511 g/mol. The van der Waals surface area contributed by atoms with E-state index in [2.05, 4.69) is 21.7 Å². The monoisotopic (exact) mass is 510 g/mol. The number of thiazole rings is 1. The number of piperidine rings is 1. The number of aromatic nitrogens is 3. The fraction of sp³-hybridized carbons (Fsp3) is 0.478. The van der Waals surface area contributed by atoms with Crippen LogP contribution in [0.1, 0.15) is 30.6 Å². The van der Waals surface area contributed by atoms with E-state index < -0.39 is 10.2 Å². The maximum absolute atomic E-state index is 13.2. The highest BCUT2D eigenvalue weighted by Gasteiger charge is 2.51. The van der Waals surface area contributed by atoms with Crippen LogP contribution in [0.4, 0.5) is 16.9 Å². The summed E-state index contributed by atoms with van der Waals surface area (Å²) in [5, 5.41) is 17.5. The summed E-state index contributed by atoms with van der Waals surface area (Å²) < 4.78 is 29.6. The lowest BCUT2D eigenvalue weighted by atomic mass is 10.00. The van der Waals surface area contributed by atoms with Crippen LogP contribution in [-0.2, 0) is 10.2 Å². The van der Waals surface area contributed by atoms with Gasteiger partial charge in [0.2, 0.25) is 5.95 Å². The lowest BCUT2D eigenvalue weighted by Gasteiger charge is -2.43. The highest BCUT2D eigenvalue weighted by atomic mass is 32.2. The van der Waals surface area contributed by atoms with Gasteiger partial charge in [0.15, 0.2) is 5.13 Å². The maximum Gasteiger partial charge on any atom is 0.282 e. The molecule has 0 spiro atoms. The Balaban J connectivity index is 1.21. The molecule has 2 N–H and O–H groups in total. The second-order valence-corrected chi connectivity index (χ2v) is 12.6. The molecule has 0 aliphatic carbocycles. The number of nitrogens with zero attached hydrogens (tertiary/aromatic N) is 6. The van der Waals surface area contributed by atoms with Gasteiger partial charge in [-0.3, -0.25) is 0 Å². The van der Waals surface area contributed by atoms with E-state index in [1.165, 1.54) is 4.31 Å². The van der Waals surface area contributed by atoms with Gasteiger partial charge >= 0.3 is 0 Å². The first-order valence-electron chi connectivity index (χ1n) is 11.8. The minimum absolute atomic E-state index is 0.0475. The molecule has 10 nitrogen and oxygen atoms in total. The third kappa shape index (κ3) is 4.12. The SMILES string of the molecule is Cc1cnc(Nc2nc(NC3CC4CCC(C3)N4S(=O)(=O)N3CC(C#N)C3)nc3ccccc23)s1. The molecule has 2 aromatic heterocycles. The Morgan fingerprint density at radius 3 is 2.57 bits per heavy atom. The van der Waals surface area contributed by atoms with E-state index in [1.54, 1.807) is 15.6 Å². The van der Waals surface area contributed by atoms with Gasteiger partial charge in [0.05, 0.1) is 17.5 Å². The zero-order valence-electron chi connectivity index (χ0n) is 19.3. The molecule has 2 atom stereocenters. The molecule has 2 bridgehead atoms. The fourth-order valence-electron chi connectivity index (χ4n) is 5.40. The quantitative estimate of drug-likeness (QED) is 0.517. The van der Waals surface area contributed by atoms with Crippen molar-refractivity contribution in [1.29, 1.82) is 5.26 Å². The summed E-state index contributed by atoms with van der Waals surface area (Å²) in [6.45, 7) is 2.62. The van der Waals surface area contributed by atoms with Gasteiger partial charge in [-0.25, -0.2) is 9.97 Å². The first-order valence-corrected chi connectivity index (χ1v) is 14.0. The highest BCUT2D eigenvalue weighted by Crippen LogP contribution is 2.41. The Morgan fingerprint density at radius 1 is 1.14 bits per heavy atom. The van der Waals surface area contributed by atoms with Gasteiger partial charge in [0.25, 0.3) is 10.2 Å². The number of rotatable bonds is 6. The number of hydrogen-bond donors (Lipinski definition) is 2. The van der Waals surface area contributed by atoms with Gasteiger partial charge in [0, 0.05) is 47.7 Å². The summed E-state index contributed by atoms with van der Waals surface area (Å²) in [7, 11) is -3.53. The Bertz CT molecular complexity index is 1400. The van der Waals surface area contributed by atoms with Gasteiger partial charge in [0.1, 0.15) is 5.82 Å². The molecule has 0 saturated carbocycles. The van der Waals surface area contributed by atoms with Crippen molar-refractivity contribution in [2.45, 2.75) is 50.7 Å². The topological polar surface area (TPSA) is 127 Å². The first kappa shape index (κ1) is 22.6. The third-order valence-electron chi connectivity index (χ3n) is 7.07. The van der Waals surface area contributed by atoms with Crippen molar-refractivity contribution in [3.8, 4) is 6.07 Å². The van der Waals surface area contributed by atoms with Gasteiger partial charge < -0.3 is 10.6 Å². The van der Waals surface area contributed by atoms with Crippen LogP contribution in [0.3, 0.4) is 0 Å². The van der Waals surface area contributed by atoms with Crippen LogP contribution in [-0.4, -0.2) is 63.2 Å². The maximum atomic E-state index is 13.2. The molecule has 3 aromatic rings. The molecule has 3 aliphatic heterocycles. The van der Waals surface area contributed by atoms with Gasteiger partial charge in [-0.15, -0.1) is 11.3 Å². The molecular formula is C23H26N8O2S2. The Kier molecular flexibility index (Phi) is 5.60. The van der Waals surface area contributed by atoms with E-state index in [4.69, 9.17) is 15.2 Å². The Hall–Kier alpha value is -2.85. The molecule has 12 heteroatoms. The molecule has 3 aliphatic rings. The summed E-state index contributed by atoms with van der Waals surface area (Å²) in [6, 6.07) is 10.00. The summed E-state index contributed by atoms with van der Waals surface area (Å²) in [5.41, 5.74) is 0.827. The summed E-state index contributed by atoms with van der Waals surface area (Å²) >= 11 is 1.57. The van der Waals surface area contributed by atoms with Crippen molar-refractivity contribution in [3.05, 3.63) is 35.3 Å². The van der Waals surface area contributed by atoms with Crippen molar-refractivity contribution >= 4 is 49.3 Å². The summed E-state index contributed by atoms with van der Waals surface area (Å²) in [5.74, 6) is 1.03. The minimum atomic E-state index is -3.53. The molecule has 0 radical (unpaired) electrons. The van der Waals surface area contributed by atoms with E-state index in [9.17, 15) is 8.42 Å². The highest BCUT2D eigenvalue weighted by molar-refractivity contribution is 7.86. The molecular weight excluding hydrogens is 484 g/mol. The second-order valence-electron chi connectivity index (χ2n) is 9.49. The molecule has 6 rings (SSSR count). The predicted octanol–water partition coefficient (Wildman–Crippen LogP) is 3.25. The van der Waals surface area contributed by atoms with Crippen LogP contribution in [0.15, 0.2) is 30.5 Å². The van der Waals surface area contributed by atoms with Gasteiger partial charge in [-0.1, -0.05) is 12.1 Å². The van der Waals surface area contributed by atoms with E-state index in [0.717, 1.165) is 33.8 Å². The van der Waals surface area contributed by atoms with Crippen LogP contribution in [0.25, 0.3) is 10.9 Å². The molecule has 182 valence electrons. The number of nitrogens with one attached hydrogen (secondary N) is 2. The van der Waals surface area contributed by atoms with Crippen LogP contribution in [0.5, 0.6) is 0 Å². The van der Waals surface area contributed by atoms with Gasteiger partial charge in [-0.2, -0.15) is 27.3 Å². The van der Waals surface area contributed by atoms with E-state index in [-0.39, 0.29) is 24.0 Å².